The third-order valence-electron chi connectivity index (χ3n) is 4.77. The first-order valence-corrected chi connectivity index (χ1v) is 7.44. The first-order valence-electron chi connectivity index (χ1n) is 7.44. The normalized spacial score (nSPS) is 28.2. The summed E-state index contributed by atoms with van der Waals surface area (Å²) in [4.78, 5) is 0. The second-order valence-corrected chi connectivity index (χ2v) is 5.93. The molecule has 106 valence electrons. The first-order chi connectivity index (χ1) is 10.7. The summed E-state index contributed by atoms with van der Waals surface area (Å²) >= 11 is 0. The molecule has 1 heterocycles. The van der Waals surface area contributed by atoms with Gasteiger partial charge < -0.3 is 9.84 Å². The molecule has 2 atom stereocenters. The minimum Gasteiger partial charge on any atom is -0.359 e. The number of benzene rings is 3. The highest BCUT2D eigenvalue weighted by Crippen LogP contribution is 2.63. The molecule has 2 nitrogen and oxygen atoms in total. The lowest BCUT2D eigenvalue weighted by Gasteiger charge is -2.22. The zero-order valence-corrected chi connectivity index (χ0v) is 11.9. The molecule has 0 spiro atoms. The van der Waals surface area contributed by atoms with E-state index in [0.29, 0.717) is 0 Å². The summed E-state index contributed by atoms with van der Waals surface area (Å²) < 4.78 is 5.94. The number of epoxide rings is 1. The highest BCUT2D eigenvalue weighted by molar-refractivity contribution is 5.88. The van der Waals surface area contributed by atoms with Crippen molar-refractivity contribution in [3.05, 3.63) is 89.5 Å². The maximum atomic E-state index is 10.8. The van der Waals surface area contributed by atoms with Gasteiger partial charge in [0.1, 0.15) is 0 Å². The molecule has 0 bridgehead atoms. The first kappa shape index (κ1) is 12.2. The molecular weight excluding hydrogens is 272 g/mol. The van der Waals surface area contributed by atoms with Gasteiger partial charge in [0.15, 0.2) is 5.60 Å². The van der Waals surface area contributed by atoms with Crippen LogP contribution in [0.4, 0.5) is 0 Å². The minimum atomic E-state index is -1.24. The van der Waals surface area contributed by atoms with Crippen LogP contribution in [0.25, 0.3) is 16.8 Å². The van der Waals surface area contributed by atoms with Crippen LogP contribution in [0.3, 0.4) is 0 Å². The monoisotopic (exact) mass is 286 g/mol. The van der Waals surface area contributed by atoms with E-state index >= 15 is 0 Å². The van der Waals surface area contributed by atoms with Crippen molar-refractivity contribution < 1.29 is 9.84 Å². The maximum Gasteiger partial charge on any atom is 0.226 e. The van der Waals surface area contributed by atoms with E-state index in [1.165, 1.54) is 0 Å². The van der Waals surface area contributed by atoms with Gasteiger partial charge in [-0.15, -0.1) is 0 Å². The van der Waals surface area contributed by atoms with Crippen LogP contribution in [0.15, 0.2) is 72.8 Å². The van der Waals surface area contributed by atoms with E-state index in [2.05, 4.69) is 30.3 Å². The summed E-state index contributed by atoms with van der Waals surface area (Å²) in [6.07, 6.45) is 3.70. The van der Waals surface area contributed by atoms with Gasteiger partial charge in [-0.1, -0.05) is 72.8 Å². The smallest absolute Gasteiger partial charge is 0.226 e. The van der Waals surface area contributed by atoms with Crippen LogP contribution in [-0.2, 0) is 10.3 Å². The van der Waals surface area contributed by atoms with E-state index in [-0.39, 0.29) is 0 Å². The van der Waals surface area contributed by atoms with Gasteiger partial charge in [0.25, 0.3) is 0 Å². The summed E-state index contributed by atoms with van der Waals surface area (Å²) in [6, 6.07) is 22.5. The third kappa shape index (κ3) is 1.32. The Morgan fingerprint density at radius 3 is 2.45 bits per heavy atom. The molecule has 1 N–H and O–H groups in total. The van der Waals surface area contributed by atoms with Crippen LogP contribution >= 0.6 is 0 Å². The SMILES string of the molecule is OC12C=Cc3ccccc3C1(c1cccc3ccccc13)O2. The summed E-state index contributed by atoms with van der Waals surface area (Å²) in [5, 5.41) is 13.1. The van der Waals surface area contributed by atoms with Crippen molar-refractivity contribution in [2.45, 2.75) is 11.4 Å². The molecule has 0 amide bonds. The Bertz CT molecular complexity index is 938. The van der Waals surface area contributed by atoms with Crippen LogP contribution in [0.5, 0.6) is 0 Å². The average Bonchev–Trinajstić information content (AvgIpc) is 3.22. The largest absolute Gasteiger partial charge is 0.359 e. The van der Waals surface area contributed by atoms with Crippen molar-refractivity contribution in [1.29, 1.82) is 0 Å². The second-order valence-electron chi connectivity index (χ2n) is 5.93. The lowest BCUT2D eigenvalue weighted by molar-refractivity contribution is 0.0833. The molecule has 2 unspecified atom stereocenters. The molecule has 0 saturated carbocycles. The van der Waals surface area contributed by atoms with E-state index in [1.54, 1.807) is 6.08 Å². The van der Waals surface area contributed by atoms with Gasteiger partial charge in [-0.05, 0) is 22.4 Å². The van der Waals surface area contributed by atoms with Gasteiger partial charge >= 0.3 is 0 Å². The van der Waals surface area contributed by atoms with Crippen LogP contribution in [0, 0.1) is 0 Å². The lowest BCUT2D eigenvalue weighted by atomic mass is 9.78. The molecule has 22 heavy (non-hydrogen) atoms. The topological polar surface area (TPSA) is 32.8 Å². The van der Waals surface area contributed by atoms with E-state index < -0.39 is 11.4 Å². The van der Waals surface area contributed by atoms with E-state index in [9.17, 15) is 5.11 Å². The Labute approximate surface area is 128 Å². The Morgan fingerprint density at radius 2 is 1.50 bits per heavy atom. The summed E-state index contributed by atoms with van der Waals surface area (Å²) in [6.45, 7) is 0. The van der Waals surface area contributed by atoms with Gasteiger partial charge in [-0.3, -0.25) is 0 Å². The maximum absolute atomic E-state index is 10.8. The molecule has 1 aliphatic carbocycles. The number of ether oxygens (including phenoxy) is 1. The van der Waals surface area contributed by atoms with Crippen molar-refractivity contribution in [3.8, 4) is 0 Å². The van der Waals surface area contributed by atoms with Crippen molar-refractivity contribution in [1.82, 2.24) is 0 Å². The summed E-state index contributed by atoms with van der Waals surface area (Å²) in [5.74, 6) is -1.24. The van der Waals surface area contributed by atoms with E-state index in [0.717, 1.165) is 27.5 Å². The highest BCUT2D eigenvalue weighted by atomic mass is 16.7. The second kappa shape index (κ2) is 3.86. The van der Waals surface area contributed by atoms with Crippen molar-refractivity contribution in [2.75, 3.05) is 0 Å². The molecule has 0 aromatic heterocycles. The predicted molar refractivity (Wildman–Crippen MR) is 86.2 cm³/mol. The van der Waals surface area contributed by atoms with Gasteiger partial charge in [-0.25, -0.2) is 0 Å². The fourth-order valence-electron chi connectivity index (χ4n) is 3.70. The summed E-state index contributed by atoms with van der Waals surface area (Å²) in [5.41, 5.74) is 2.35. The van der Waals surface area contributed by atoms with Gasteiger partial charge in [0.05, 0.1) is 0 Å². The molecule has 1 saturated heterocycles. The Hall–Kier alpha value is -2.42. The van der Waals surface area contributed by atoms with Gasteiger partial charge in [0, 0.05) is 11.1 Å². The van der Waals surface area contributed by atoms with Crippen LogP contribution in [-0.4, -0.2) is 10.9 Å². The molecular formula is C20H14O2. The quantitative estimate of drug-likeness (QED) is 0.690. The Morgan fingerprint density at radius 1 is 0.773 bits per heavy atom. The summed E-state index contributed by atoms with van der Waals surface area (Å²) in [7, 11) is 0. The number of hydrogen-bond acceptors (Lipinski definition) is 2. The van der Waals surface area contributed by atoms with Crippen LogP contribution < -0.4 is 0 Å². The molecule has 3 aromatic rings. The Balaban J connectivity index is 1.87. The molecule has 3 aromatic carbocycles. The highest BCUT2D eigenvalue weighted by Gasteiger charge is 2.72. The predicted octanol–water partition coefficient (Wildman–Crippen LogP) is 3.83. The average molecular weight is 286 g/mol. The van der Waals surface area contributed by atoms with Crippen molar-refractivity contribution in [3.63, 3.8) is 0 Å². The molecule has 1 fully saturated rings. The zero-order valence-electron chi connectivity index (χ0n) is 11.9. The molecule has 1 aliphatic heterocycles. The van der Waals surface area contributed by atoms with Crippen molar-refractivity contribution >= 4 is 16.8 Å². The minimum absolute atomic E-state index is 0.792. The number of rotatable bonds is 1. The molecule has 2 aliphatic rings. The van der Waals surface area contributed by atoms with E-state index in [4.69, 9.17) is 4.74 Å². The van der Waals surface area contributed by atoms with E-state index in [1.807, 2.05) is 42.5 Å². The fourth-order valence-corrected chi connectivity index (χ4v) is 3.70. The molecule has 2 heteroatoms. The number of aliphatic hydroxyl groups is 1. The number of hydrogen-bond donors (Lipinski definition) is 1. The molecule has 0 radical (unpaired) electrons. The third-order valence-corrected chi connectivity index (χ3v) is 4.77. The fraction of sp³-hybridized carbons (Fsp3) is 0.100. The van der Waals surface area contributed by atoms with Gasteiger partial charge in [0.2, 0.25) is 5.79 Å². The van der Waals surface area contributed by atoms with Crippen molar-refractivity contribution in [2.24, 2.45) is 0 Å². The molecule has 5 rings (SSSR count). The Kier molecular flexibility index (Phi) is 2.13. The van der Waals surface area contributed by atoms with Gasteiger partial charge in [-0.2, -0.15) is 0 Å². The standard InChI is InChI=1S/C20H14O2/c21-19-13-12-15-7-2-4-10-17(15)20(19,22-19)18-11-5-8-14-6-1-3-9-16(14)18/h1-13,21H. The van der Waals surface area contributed by atoms with Crippen LogP contribution in [0.1, 0.15) is 16.7 Å². The van der Waals surface area contributed by atoms with Crippen LogP contribution in [0.2, 0.25) is 0 Å². The lowest BCUT2D eigenvalue weighted by Crippen LogP contribution is -2.26. The number of fused-ring (bicyclic) bond motifs is 4. The zero-order chi connectivity index (χ0) is 14.8.